The number of benzene rings is 1. The number of H-pyrrole nitrogens is 1. The van der Waals surface area contributed by atoms with Crippen LogP contribution in [0.4, 0.5) is 13.2 Å². The number of aromatic amines is 1. The lowest BCUT2D eigenvalue weighted by atomic mass is 10.1. The van der Waals surface area contributed by atoms with Crippen LogP contribution in [0.25, 0.3) is 0 Å². The molecule has 0 aliphatic heterocycles. The normalized spacial score (nSPS) is 11.4. The molecule has 0 spiro atoms. The number of hydrogen-bond acceptors (Lipinski definition) is 3. The number of carbonyl (C=O) groups excluding carboxylic acids is 1. The molecule has 7 heteroatoms. The number of nitrogens with zero attached hydrogens (tertiary/aromatic N) is 1. The molecule has 1 aromatic carbocycles. The van der Waals surface area contributed by atoms with E-state index in [0.29, 0.717) is 12.0 Å². The molecule has 0 unspecified atom stereocenters. The largest absolute Gasteiger partial charge is 0.462 e. The molecule has 2 aromatic rings. The van der Waals surface area contributed by atoms with Crippen molar-refractivity contribution >= 4 is 5.97 Å². The van der Waals surface area contributed by atoms with E-state index in [1.807, 2.05) is 5.10 Å². The molecule has 21 heavy (non-hydrogen) atoms. The van der Waals surface area contributed by atoms with Crippen LogP contribution in [0.5, 0.6) is 0 Å². The number of ether oxygens (including phenoxy) is 1. The van der Waals surface area contributed by atoms with Gasteiger partial charge in [0.1, 0.15) is 5.69 Å². The van der Waals surface area contributed by atoms with Crippen LogP contribution in [0, 0.1) is 0 Å². The second kappa shape index (κ2) is 6.43. The summed E-state index contributed by atoms with van der Waals surface area (Å²) in [7, 11) is 0. The second-order valence-corrected chi connectivity index (χ2v) is 4.37. The maximum absolute atomic E-state index is 12.6. The molecule has 0 fully saturated rings. The Morgan fingerprint density at radius 1 is 1.24 bits per heavy atom. The first kappa shape index (κ1) is 15.1. The molecule has 0 amide bonds. The van der Waals surface area contributed by atoms with Crippen LogP contribution in [0.2, 0.25) is 0 Å². The summed E-state index contributed by atoms with van der Waals surface area (Å²) >= 11 is 0. The summed E-state index contributed by atoms with van der Waals surface area (Å²) in [5.74, 6) is -0.487. The smallest absolute Gasteiger partial charge is 0.433 e. The Bertz CT molecular complexity index is 594. The van der Waals surface area contributed by atoms with Gasteiger partial charge < -0.3 is 4.74 Å². The van der Waals surface area contributed by atoms with E-state index in [9.17, 15) is 18.0 Å². The maximum atomic E-state index is 12.6. The van der Waals surface area contributed by atoms with Crippen LogP contribution in [0.1, 0.15) is 28.0 Å². The molecule has 112 valence electrons. The minimum absolute atomic E-state index is 0.0518. The third-order valence-corrected chi connectivity index (χ3v) is 2.83. The monoisotopic (exact) mass is 298 g/mol. The molecular formula is C14H13F3N2O2. The molecule has 1 aromatic heterocycles. The highest BCUT2D eigenvalue weighted by Gasteiger charge is 2.35. The summed E-state index contributed by atoms with van der Waals surface area (Å²) in [6.45, 7) is 0.0518. The Morgan fingerprint density at radius 3 is 2.62 bits per heavy atom. The first-order valence-electron chi connectivity index (χ1n) is 6.30. The van der Waals surface area contributed by atoms with Gasteiger partial charge in [-0.15, -0.1) is 0 Å². The number of halogens is 3. The quantitative estimate of drug-likeness (QED) is 0.681. The van der Waals surface area contributed by atoms with Gasteiger partial charge in [-0.2, -0.15) is 18.3 Å². The van der Waals surface area contributed by atoms with Crippen molar-refractivity contribution in [1.29, 1.82) is 0 Å². The van der Waals surface area contributed by atoms with E-state index in [4.69, 9.17) is 4.74 Å². The van der Waals surface area contributed by atoms with Crippen LogP contribution in [-0.4, -0.2) is 22.8 Å². The van der Waals surface area contributed by atoms with Gasteiger partial charge in [0.25, 0.3) is 0 Å². The summed E-state index contributed by atoms with van der Waals surface area (Å²) < 4.78 is 42.8. The average Bonchev–Trinajstić information content (AvgIpc) is 2.93. The lowest BCUT2D eigenvalue weighted by Gasteiger charge is -2.07. The number of nitrogens with one attached hydrogen (secondary N) is 1. The van der Waals surface area contributed by atoms with Gasteiger partial charge in [0, 0.05) is 5.56 Å². The van der Waals surface area contributed by atoms with Crippen molar-refractivity contribution in [3.63, 3.8) is 0 Å². The highest BCUT2D eigenvalue weighted by molar-refractivity contribution is 5.89. The van der Waals surface area contributed by atoms with Gasteiger partial charge in [0.05, 0.1) is 18.4 Å². The number of rotatable bonds is 5. The molecule has 0 aliphatic carbocycles. The first-order valence-corrected chi connectivity index (χ1v) is 6.30. The van der Waals surface area contributed by atoms with Gasteiger partial charge in [-0.3, -0.25) is 5.10 Å². The molecule has 2 rings (SSSR count). The Labute approximate surface area is 118 Å². The first-order chi connectivity index (χ1) is 9.98. The fraction of sp³-hybridized carbons (Fsp3) is 0.286. The molecule has 0 atom stereocenters. The van der Waals surface area contributed by atoms with Crippen molar-refractivity contribution in [3.8, 4) is 0 Å². The number of esters is 1. The fourth-order valence-corrected chi connectivity index (χ4v) is 1.83. The van der Waals surface area contributed by atoms with Gasteiger partial charge in [-0.05, 0) is 25.0 Å². The summed E-state index contributed by atoms with van der Waals surface area (Å²) in [6, 6.07) is 8.41. The fourth-order valence-electron chi connectivity index (χ4n) is 1.83. The van der Waals surface area contributed by atoms with E-state index in [2.05, 4.69) is 5.10 Å². The summed E-state index contributed by atoms with van der Waals surface area (Å²) in [4.78, 5) is 11.6. The van der Waals surface area contributed by atoms with Gasteiger partial charge >= 0.3 is 12.1 Å². The number of hydrogen-bond donors (Lipinski definition) is 1. The van der Waals surface area contributed by atoms with Crippen LogP contribution in [-0.2, 0) is 17.3 Å². The van der Waals surface area contributed by atoms with E-state index in [1.54, 1.807) is 30.3 Å². The van der Waals surface area contributed by atoms with Crippen LogP contribution >= 0.6 is 0 Å². The Hall–Kier alpha value is -2.31. The molecule has 0 saturated carbocycles. The van der Waals surface area contributed by atoms with Crippen LogP contribution in [0.15, 0.2) is 36.5 Å². The Morgan fingerprint density at radius 2 is 1.95 bits per heavy atom. The third kappa shape index (κ3) is 4.08. The van der Waals surface area contributed by atoms with E-state index in [-0.39, 0.29) is 18.6 Å². The highest BCUT2D eigenvalue weighted by Crippen LogP contribution is 2.30. The standard InChI is InChI=1S/C14H13F3N2O2/c15-14(16,17)12-11(9-18-19-12)7-4-8-21-13(20)10-5-2-1-3-6-10/h1-3,5-6,9H,4,7-8H2,(H,18,19). The van der Waals surface area contributed by atoms with Crippen LogP contribution < -0.4 is 0 Å². The van der Waals surface area contributed by atoms with E-state index in [1.165, 1.54) is 0 Å². The molecule has 1 heterocycles. The molecule has 0 aliphatic rings. The molecule has 0 radical (unpaired) electrons. The Kier molecular flexibility index (Phi) is 4.62. The van der Waals surface area contributed by atoms with E-state index >= 15 is 0 Å². The van der Waals surface area contributed by atoms with Crippen molar-refractivity contribution in [3.05, 3.63) is 53.3 Å². The zero-order chi connectivity index (χ0) is 15.3. The Balaban J connectivity index is 1.81. The number of aryl methyl sites for hydroxylation is 1. The summed E-state index contributed by atoms with van der Waals surface area (Å²) in [6.07, 6.45) is -2.89. The summed E-state index contributed by atoms with van der Waals surface area (Å²) in [5.41, 5.74) is -0.369. The topological polar surface area (TPSA) is 55.0 Å². The van der Waals surface area contributed by atoms with Crippen molar-refractivity contribution in [2.45, 2.75) is 19.0 Å². The van der Waals surface area contributed by atoms with Crippen molar-refractivity contribution in [2.75, 3.05) is 6.61 Å². The minimum Gasteiger partial charge on any atom is -0.462 e. The predicted molar refractivity (Wildman–Crippen MR) is 68.6 cm³/mol. The van der Waals surface area contributed by atoms with Crippen molar-refractivity contribution in [1.82, 2.24) is 10.2 Å². The predicted octanol–water partition coefficient (Wildman–Crippen LogP) is 3.22. The van der Waals surface area contributed by atoms with Gasteiger partial charge in [-0.25, -0.2) is 4.79 Å². The van der Waals surface area contributed by atoms with Crippen LogP contribution in [0.3, 0.4) is 0 Å². The molecule has 0 bridgehead atoms. The zero-order valence-corrected chi connectivity index (χ0v) is 11.0. The van der Waals surface area contributed by atoms with Gasteiger partial charge in [0.2, 0.25) is 0 Å². The SMILES string of the molecule is O=C(OCCCc1cn[nH]c1C(F)(F)F)c1ccccc1. The van der Waals surface area contributed by atoms with Gasteiger partial charge in [-0.1, -0.05) is 18.2 Å². The van der Waals surface area contributed by atoms with Gasteiger partial charge in [0.15, 0.2) is 0 Å². The summed E-state index contributed by atoms with van der Waals surface area (Å²) in [5, 5.41) is 5.34. The molecule has 0 saturated heterocycles. The molecular weight excluding hydrogens is 285 g/mol. The average molecular weight is 298 g/mol. The second-order valence-electron chi connectivity index (χ2n) is 4.37. The molecule has 1 N–H and O–H groups in total. The minimum atomic E-state index is -4.45. The lowest BCUT2D eigenvalue weighted by molar-refractivity contribution is -0.141. The third-order valence-electron chi connectivity index (χ3n) is 2.83. The lowest BCUT2D eigenvalue weighted by Crippen LogP contribution is -2.10. The maximum Gasteiger partial charge on any atom is 0.433 e. The van der Waals surface area contributed by atoms with Crippen molar-refractivity contribution < 1.29 is 22.7 Å². The zero-order valence-electron chi connectivity index (χ0n) is 11.0. The van der Waals surface area contributed by atoms with E-state index < -0.39 is 17.8 Å². The highest BCUT2D eigenvalue weighted by atomic mass is 19.4. The molecule has 4 nitrogen and oxygen atoms in total. The van der Waals surface area contributed by atoms with Crippen molar-refractivity contribution in [2.24, 2.45) is 0 Å². The number of alkyl halides is 3. The number of carbonyl (C=O) groups is 1. The van der Waals surface area contributed by atoms with E-state index in [0.717, 1.165) is 6.20 Å². The number of aromatic nitrogens is 2.